The second-order valence-corrected chi connectivity index (χ2v) is 8.22. The fourth-order valence-electron chi connectivity index (χ4n) is 3.44. The highest BCUT2D eigenvalue weighted by molar-refractivity contribution is 6.30. The van der Waals surface area contributed by atoms with Gasteiger partial charge < -0.3 is 15.1 Å². The van der Waals surface area contributed by atoms with Crippen LogP contribution in [0.5, 0.6) is 0 Å². The molecule has 1 aliphatic heterocycles. The summed E-state index contributed by atoms with van der Waals surface area (Å²) in [4.78, 5) is 29.1. The van der Waals surface area contributed by atoms with Gasteiger partial charge in [-0.1, -0.05) is 37.6 Å². The average molecular weight is 378 g/mol. The first-order valence-electron chi connectivity index (χ1n) is 9.50. The maximum Gasteiger partial charge on any atom is 0.317 e. The Labute approximate surface area is 160 Å². The number of hydrogen-bond donors (Lipinski definition) is 1. The van der Waals surface area contributed by atoms with Gasteiger partial charge in [0.15, 0.2) is 0 Å². The molecule has 1 aromatic carbocycles. The van der Waals surface area contributed by atoms with Crippen molar-refractivity contribution in [1.29, 1.82) is 0 Å². The Kier molecular flexibility index (Phi) is 6.07. The molecule has 1 heterocycles. The number of halogens is 1. The van der Waals surface area contributed by atoms with Gasteiger partial charge in [-0.3, -0.25) is 4.79 Å². The van der Waals surface area contributed by atoms with Gasteiger partial charge in [0, 0.05) is 37.6 Å². The molecule has 3 rings (SSSR count). The van der Waals surface area contributed by atoms with Crippen LogP contribution in [0.25, 0.3) is 0 Å². The lowest BCUT2D eigenvalue weighted by Crippen LogP contribution is -2.49. The summed E-state index contributed by atoms with van der Waals surface area (Å²) in [5.74, 6) is 1.16. The molecular formula is C20H28ClN3O2. The van der Waals surface area contributed by atoms with Crippen molar-refractivity contribution in [3.8, 4) is 0 Å². The van der Waals surface area contributed by atoms with Crippen LogP contribution in [0.1, 0.15) is 38.7 Å². The van der Waals surface area contributed by atoms with E-state index in [0.29, 0.717) is 42.9 Å². The minimum absolute atomic E-state index is 0.0897. The molecule has 0 spiro atoms. The highest BCUT2D eigenvalue weighted by Gasteiger charge is 2.36. The maximum atomic E-state index is 12.7. The molecule has 5 nitrogen and oxygen atoms in total. The van der Waals surface area contributed by atoms with Crippen LogP contribution in [0, 0.1) is 11.8 Å². The highest BCUT2D eigenvalue weighted by atomic mass is 35.5. The Bertz CT molecular complexity index is 643. The Morgan fingerprint density at radius 3 is 2.58 bits per heavy atom. The number of amides is 3. The number of rotatable bonds is 5. The minimum Gasteiger partial charge on any atom is -0.337 e. The SMILES string of the molecule is CC(C)[C@H]1CN(C(=O)NCc2ccc(Cl)cc2)CCC(=O)N1CC1CC1. The van der Waals surface area contributed by atoms with Gasteiger partial charge in [-0.25, -0.2) is 4.79 Å². The Hall–Kier alpha value is -1.75. The number of nitrogens with zero attached hydrogens (tertiary/aromatic N) is 2. The third-order valence-corrected chi connectivity index (χ3v) is 5.54. The fourth-order valence-corrected chi connectivity index (χ4v) is 3.56. The summed E-state index contributed by atoms with van der Waals surface area (Å²) in [6, 6.07) is 7.43. The number of carbonyl (C=O) groups is 2. The number of urea groups is 1. The second kappa shape index (κ2) is 8.30. The molecule has 3 amide bonds. The number of nitrogens with one attached hydrogen (secondary N) is 1. The van der Waals surface area contributed by atoms with Crippen LogP contribution in [0.15, 0.2) is 24.3 Å². The first kappa shape index (κ1) is 19.0. The van der Waals surface area contributed by atoms with Crippen LogP contribution in [0.4, 0.5) is 4.79 Å². The molecule has 1 N–H and O–H groups in total. The number of carbonyl (C=O) groups excluding carboxylic acids is 2. The predicted molar refractivity (Wildman–Crippen MR) is 103 cm³/mol. The smallest absolute Gasteiger partial charge is 0.317 e. The van der Waals surface area contributed by atoms with Gasteiger partial charge in [0.1, 0.15) is 0 Å². The summed E-state index contributed by atoms with van der Waals surface area (Å²) in [5, 5.41) is 3.65. The van der Waals surface area contributed by atoms with Crippen LogP contribution in [0.3, 0.4) is 0 Å². The molecule has 1 saturated heterocycles. The summed E-state index contributed by atoms with van der Waals surface area (Å²) in [5.41, 5.74) is 1.00. The number of benzene rings is 1. The first-order chi connectivity index (χ1) is 12.4. The van der Waals surface area contributed by atoms with Crippen molar-refractivity contribution in [3.63, 3.8) is 0 Å². The van der Waals surface area contributed by atoms with Gasteiger partial charge in [-0.05, 0) is 42.4 Å². The topological polar surface area (TPSA) is 52.7 Å². The van der Waals surface area contributed by atoms with E-state index < -0.39 is 0 Å². The maximum absolute atomic E-state index is 12.7. The van der Waals surface area contributed by atoms with Crippen molar-refractivity contribution >= 4 is 23.5 Å². The van der Waals surface area contributed by atoms with Crippen LogP contribution < -0.4 is 5.32 Å². The Balaban J connectivity index is 1.62. The van der Waals surface area contributed by atoms with E-state index in [1.165, 1.54) is 12.8 Å². The molecule has 1 aliphatic carbocycles. The van der Waals surface area contributed by atoms with Gasteiger partial charge in [-0.2, -0.15) is 0 Å². The summed E-state index contributed by atoms with van der Waals surface area (Å²) >= 11 is 5.90. The zero-order valence-electron chi connectivity index (χ0n) is 15.6. The van der Waals surface area contributed by atoms with Crippen LogP contribution in [-0.4, -0.2) is 47.4 Å². The Morgan fingerprint density at radius 2 is 1.96 bits per heavy atom. The fraction of sp³-hybridized carbons (Fsp3) is 0.600. The van der Waals surface area contributed by atoms with E-state index in [0.717, 1.165) is 12.1 Å². The molecule has 0 aromatic heterocycles. The highest BCUT2D eigenvalue weighted by Crippen LogP contribution is 2.32. The van der Waals surface area contributed by atoms with Gasteiger partial charge in [-0.15, -0.1) is 0 Å². The average Bonchev–Trinajstić information content (AvgIpc) is 3.44. The molecule has 2 fully saturated rings. The normalized spacial score (nSPS) is 21.1. The standard InChI is InChI=1S/C20H28ClN3O2/c1-14(2)18-13-23(10-9-19(25)24(18)12-16-3-4-16)20(26)22-11-15-5-7-17(21)8-6-15/h5-8,14,16,18H,3-4,9-13H2,1-2H3,(H,22,26)/t18-/m1/s1. The van der Waals surface area contributed by atoms with E-state index in [1.807, 2.05) is 29.2 Å². The van der Waals surface area contributed by atoms with Crippen molar-refractivity contribution in [3.05, 3.63) is 34.9 Å². The summed E-state index contributed by atoms with van der Waals surface area (Å²) in [6.45, 7) is 6.65. The van der Waals surface area contributed by atoms with Crippen molar-refractivity contribution in [2.75, 3.05) is 19.6 Å². The second-order valence-electron chi connectivity index (χ2n) is 7.78. The van der Waals surface area contributed by atoms with Gasteiger partial charge in [0.05, 0.1) is 6.04 Å². The molecular weight excluding hydrogens is 350 g/mol. The lowest BCUT2D eigenvalue weighted by Gasteiger charge is -2.34. The monoisotopic (exact) mass is 377 g/mol. The van der Waals surface area contributed by atoms with E-state index in [9.17, 15) is 9.59 Å². The summed E-state index contributed by atoms with van der Waals surface area (Å²) in [6.07, 6.45) is 2.85. The van der Waals surface area contributed by atoms with Gasteiger partial charge in [0.25, 0.3) is 0 Å². The van der Waals surface area contributed by atoms with E-state index in [-0.39, 0.29) is 18.0 Å². The third-order valence-electron chi connectivity index (χ3n) is 5.29. The largest absolute Gasteiger partial charge is 0.337 e. The predicted octanol–water partition coefficient (Wildman–Crippen LogP) is 3.52. The third kappa shape index (κ3) is 4.91. The first-order valence-corrected chi connectivity index (χ1v) is 9.88. The van der Waals surface area contributed by atoms with Crippen LogP contribution in [-0.2, 0) is 11.3 Å². The molecule has 1 saturated carbocycles. The molecule has 1 aromatic rings. The van der Waals surface area contributed by atoms with E-state index in [4.69, 9.17) is 11.6 Å². The van der Waals surface area contributed by atoms with Crippen molar-refractivity contribution in [2.24, 2.45) is 11.8 Å². The zero-order chi connectivity index (χ0) is 18.7. The van der Waals surface area contributed by atoms with Crippen LogP contribution in [0.2, 0.25) is 5.02 Å². The lowest BCUT2D eigenvalue weighted by molar-refractivity contribution is -0.133. The molecule has 142 valence electrons. The zero-order valence-corrected chi connectivity index (χ0v) is 16.3. The molecule has 0 radical (unpaired) electrons. The molecule has 26 heavy (non-hydrogen) atoms. The molecule has 0 unspecified atom stereocenters. The van der Waals surface area contributed by atoms with Crippen LogP contribution >= 0.6 is 11.6 Å². The summed E-state index contributed by atoms with van der Waals surface area (Å²) in [7, 11) is 0. The van der Waals surface area contributed by atoms with Gasteiger partial charge in [0.2, 0.25) is 5.91 Å². The molecule has 1 atom stereocenters. The Morgan fingerprint density at radius 1 is 1.27 bits per heavy atom. The molecule has 2 aliphatic rings. The minimum atomic E-state index is -0.105. The van der Waals surface area contributed by atoms with E-state index in [2.05, 4.69) is 19.2 Å². The van der Waals surface area contributed by atoms with Crippen molar-refractivity contribution in [1.82, 2.24) is 15.1 Å². The molecule has 6 heteroatoms. The molecule has 0 bridgehead atoms. The van der Waals surface area contributed by atoms with Crippen molar-refractivity contribution in [2.45, 2.75) is 45.7 Å². The van der Waals surface area contributed by atoms with Crippen molar-refractivity contribution < 1.29 is 9.59 Å². The van der Waals surface area contributed by atoms with Gasteiger partial charge >= 0.3 is 6.03 Å². The summed E-state index contributed by atoms with van der Waals surface area (Å²) < 4.78 is 0. The van der Waals surface area contributed by atoms with E-state index >= 15 is 0 Å². The quantitative estimate of drug-likeness (QED) is 0.853. The number of hydrogen-bond acceptors (Lipinski definition) is 2. The van der Waals surface area contributed by atoms with E-state index in [1.54, 1.807) is 4.90 Å². The lowest BCUT2D eigenvalue weighted by atomic mass is 10.0.